The predicted molar refractivity (Wildman–Crippen MR) is 131 cm³/mol. The summed E-state index contributed by atoms with van der Waals surface area (Å²) in [6, 6.07) is 16.4. The number of aliphatic hydroxyl groups is 3. The van der Waals surface area contributed by atoms with E-state index in [1.54, 1.807) is 4.68 Å². The summed E-state index contributed by atoms with van der Waals surface area (Å²) in [6.07, 6.45) is -0.720. The maximum absolute atomic E-state index is 12.5. The Bertz CT molecular complexity index is 1360. The zero-order chi connectivity index (χ0) is 25.2. The van der Waals surface area contributed by atoms with E-state index in [-0.39, 0.29) is 18.9 Å². The highest BCUT2D eigenvalue weighted by Gasteiger charge is 2.34. The number of carbonyl (C=O) groups is 1. The Morgan fingerprint density at radius 2 is 1.81 bits per heavy atom. The van der Waals surface area contributed by atoms with Crippen molar-refractivity contribution >= 4 is 22.8 Å². The van der Waals surface area contributed by atoms with E-state index in [0.29, 0.717) is 28.9 Å². The van der Waals surface area contributed by atoms with E-state index in [2.05, 4.69) is 9.97 Å². The van der Waals surface area contributed by atoms with Crippen LogP contribution >= 0.6 is 0 Å². The molecule has 0 spiro atoms. The summed E-state index contributed by atoms with van der Waals surface area (Å²) in [5.41, 5.74) is 8.02. The second-order valence-corrected chi connectivity index (χ2v) is 8.68. The average molecular weight is 491 g/mol. The molecule has 3 atom stereocenters. The molecule has 1 saturated heterocycles. The minimum atomic E-state index is -1.55. The molecule has 1 amide bonds. The van der Waals surface area contributed by atoms with Gasteiger partial charge in [0.2, 0.25) is 0 Å². The van der Waals surface area contributed by atoms with E-state index < -0.39 is 30.8 Å². The fourth-order valence-corrected chi connectivity index (χ4v) is 4.45. The number of nitrogens with two attached hydrogens (primary N) is 1. The number of aromatic nitrogens is 4. The molecule has 1 aliphatic heterocycles. The van der Waals surface area contributed by atoms with Gasteiger partial charge in [0.05, 0.1) is 24.1 Å². The SMILES string of the molecule is Nc1ncnc2c1c(-c1ccc(Oc3ccccc3)cc1)nn2C1CC(O)CN(C(=O)C(O)CO)C1. The second-order valence-electron chi connectivity index (χ2n) is 8.68. The number of amides is 1. The molecule has 186 valence electrons. The van der Waals surface area contributed by atoms with Crippen LogP contribution in [0.25, 0.3) is 22.3 Å². The Hall–Kier alpha value is -4.06. The molecule has 1 fully saturated rings. The molecule has 0 bridgehead atoms. The third-order valence-electron chi connectivity index (χ3n) is 6.15. The zero-order valence-corrected chi connectivity index (χ0v) is 19.3. The molecule has 11 heteroatoms. The highest BCUT2D eigenvalue weighted by atomic mass is 16.5. The van der Waals surface area contributed by atoms with Crippen molar-refractivity contribution in [2.24, 2.45) is 0 Å². The molecule has 0 radical (unpaired) electrons. The molecule has 3 heterocycles. The van der Waals surface area contributed by atoms with Crippen LogP contribution in [0.4, 0.5) is 5.82 Å². The van der Waals surface area contributed by atoms with Gasteiger partial charge in [-0.05, 0) is 42.8 Å². The van der Waals surface area contributed by atoms with Crippen LogP contribution in [0, 0.1) is 0 Å². The number of likely N-dealkylation sites (tertiary alicyclic amines) is 1. The first-order valence-electron chi connectivity index (χ1n) is 11.5. The number of anilines is 1. The Morgan fingerprint density at radius 1 is 1.08 bits per heavy atom. The van der Waals surface area contributed by atoms with Crippen molar-refractivity contribution < 1.29 is 24.9 Å². The number of ether oxygens (including phenoxy) is 1. The molecule has 0 saturated carbocycles. The van der Waals surface area contributed by atoms with Gasteiger partial charge in [-0.2, -0.15) is 5.10 Å². The summed E-state index contributed by atoms with van der Waals surface area (Å²) in [4.78, 5) is 22.3. The highest BCUT2D eigenvalue weighted by molar-refractivity contribution is 5.98. The van der Waals surface area contributed by atoms with Gasteiger partial charge < -0.3 is 30.7 Å². The lowest BCUT2D eigenvalue weighted by Gasteiger charge is -2.36. The number of nitrogen functional groups attached to an aromatic ring is 1. The van der Waals surface area contributed by atoms with Crippen LogP contribution in [0.15, 0.2) is 60.9 Å². The fourth-order valence-electron chi connectivity index (χ4n) is 4.45. The largest absolute Gasteiger partial charge is 0.457 e. The molecular formula is C25H26N6O5. The number of fused-ring (bicyclic) bond motifs is 1. The summed E-state index contributed by atoms with van der Waals surface area (Å²) in [5, 5.41) is 34.8. The maximum atomic E-state index is 12.5. The molecule has 0 aliphatic carbocycles. The van der Waals surface area contributed by atoms with Crippen molar-refractivity contribution in [3.8, 4) is 22.8 Å². The Morgan fingerprint density at radius 3 is 2.53 bits per heavy atom. The van der Waals surface area contributed by atoms with Crippen molar-refractivity contribution in [3.63, 3.8) is 0 Å². The summed E-state index contributed by atoms with van der Waals surface area (Å²) >= 11 is 0. The van der Waals surface area contributed by atoms with Gasteiger partial charge in [-0.25, -0.2) is 14.6 Å². The van der Waals surface area contributed by atoms with E-state index in [9.17, 15) is 20.1 Å². The van der Waals surface area contributed by atoms with E-state index in [1.165, 1.54) is 11.2 Å². The van der Waals surface area contributed by atoms with E-state index in [1.807, 2.05) is 54.6 Å². The number of rotatable bonds is 6. The lowest BCUT2D eigenvalue weighted by Crippen LogP contribution is -2.51. The average Bonchev–Trinajstić information content (AvgIpc) is 3.29. The molecule has 1 aliphatic rings. The minimum absolute atomic E-state index is 0.0540. The van der Waals surface area contributed by atoms with E-state index in [4.69, 9.17) is 15.6 Å². The topological polar surface area (TPSA) is 160 Å². The van der Waals surface area contributed by atoms with Gasteiger partial charge in [0.1, 0.15) is 29.3 Å². The van der Waals surface area contributed by atoms with Crippen molar-refractivity contribution in [3.05, 3.63) is 60.9 Å². The van der Waals surface area contributed by atoms with Crippen LogP contribution in [0.1, 0.15) is 12.5 Å². The lowest BCUT2D eigenvalue weighted by molar-refractivity contribution is -0.146. The molecule has 3 unspecified atom stereocenters. The van der Waals surface area contributed by atoms with Gasteiger partial charge in [-0.1, -0.05) is 18.2 Å². The summed E-state index contributed by atoms with van der Waals surface area (Å²) in [5.74, 6) is 0.982. The van der Waals surface area contributed by atoms with E-state index in [0.717, 1.165) is 11.3 Å². The Labute approximate surface area is 206 Å². The van der Waals surface area contributed by atoms with Gasteiger partial charge in [-0.15, -0.1) is 0 Å². The number of nitrogens with zero attached hydrogens (tertiary/aromatic N) is 5. The number of β-amino-alcohol motifs (C(OH)–C–C–N with tert-alkyl or cyclic N) is 1. The first-order chi connectivity index (χ1) is 17.4. The number of aliphatic hydroxyl groups excluding tert-OH is 3. The normalized spacial score (nSPS) is 18.8. The molecule has 5 N–H and O–H groups in total. The zero-order valence-electron chi connectivity index (χ0n) is 19.3. The molecule has 5 rings (SSSR count). The number of para-hydroxylation sites is 1. The van der Waals surface area contributed by atoms with Crippen molar-refractivity contribution in [1.82, 2.24) is 24.6 Å². The summed E-state index contributed by atoms with van der Waals surface area (Å²) in [6.45, 7) is -0.464. The first-order valence-corrected chi connectivity index (χ1v) is 11.5. The van der Waals surface area contributed by atoms with Gasteiger partial charge in [0.15, 0.2) is 11.8 Å². The predicted octanol–water partition coefficient (Wildman–Crippen LogP) is 1.36. The highest BCUT2D eigenvalue weighted by Crippen LogP contribution is 2.35. The van der Waals surface area contributed by atoms with Crippen LogP contribution in [-0.2, 0) is 4.79 Å². The summed E-state index contributed by atoms with van der Waals surface area (Å²) in [7, 11) is 0. The fraction of sp³-hybridized carbons (Fsp3) is 0.280. The van der Waals surface area contributed by atoms with Gasteiger partial charge in [0, 0.05) is 18.7 Å². The Kier molecular flexibility index (Phi) is 6.51. The van der Waals surface area contributed by atoms with Crippen LogP contribution in [0.3, 0.4) is 0 Å². The molecular weight excluding hydrogens is 464 g/mol. The minimum Gasteiger partial charge on any atom is -0.457 e. The van der Waals surface area contributed by atoms with E-state index >= 15 is 0 Å². The second kappa shape index (κ2) is 9.90. The number of hydrogen-bond donors (Lipinski definition) is 4. The van der Waals surface area contributed by atoms with Crippen LogP contribution < -0.4 is 10.5 Å². The molecule has 11 nitrogen and oxygen atoms in total. The quantitative estimate of drug-likeness (QED) is 0.313. The van der Waals surface area contributed by atoms with Crippen LogP contribution in [0.5, 0.6) is 11.5 Å². The number of hydrogen-bond acceptors (Lipinski definition) is 9. The molecule has 2 aromatic heterocycles. The molecule has 4 aromatic rings. The smallest absolute Gasteiger partial charge is 0.253 e. The van der Waals surface area contributed by atoms with Crippen molar-refractivity contribution in [2.75, 3.05) is 25.4 Å². The molecule has 2 aromatic carbocycles. The third-order valence-corrected chi connectivity index (χ3v) is 6.15. The standard InChI is InChI=1S/C25H26N6O5/c26-23-21-22(15-6-8-19(9-7-15)36-18-4-2-1-3-5-18)29-31(24(21)28-14-27-23)16-10-17(33)12-30(11-16)25(35)20(34)13-32/h1-9,14,16-17,20,32-34H,10-13H2,(H2,26,27,28). The lowest BCUT2D eigenvalue weighted by atomic mass is 10.0. The van der Waals surface area contributed by atoms with Crippen LogP contribution in [0.2, 0.25) is 0 Å². The van der Waals surface area contributed by atoms with Crippen molar-refractivity contribution in [1.29, 1.82) is 0 Å². The maximum Gasteiger partial charge on any atom is 0.253 e. The van der Waals surface area contributed by atoms with Gasteiger partial charge in [-0.3, -0.25) is 4.79 Å². The van der Waals surface area contributed by atoms with Gasteiger partial charge >= 0.3 is 0 Å². The van der Waals surface area contributed by atoms with Crippen LogP contribution in [-0.4, -0.2) is 77.8 Å². The first kappa shape index (κ1) is 23.7. The number of piperidine rings is 1. The number of carbonyl (C=O) groups excluding carboxylic acids is 1. The monoisotopic (exact) mass is 490 g/mol. The van der Waals surface area contributed by atoms with Crippen molar-refractivity contribution in [2.45, 2.75) is 24.7 Å². The van der Waals surface area contributed by atoms with Gasteiger partial charge in [0.25, 0.3) is 5.91 Å². The summed E-state index contributed by atoms with van der Waals surface area (Å²) < 4.78 is 7.52. The number of benzene rings is 2. The third kappa shape index (κ3) is 4.59. The molecule has 36 heavy (non-hydrogen) atoms. The Balaban J connectivity index is 1.49.